The highest BCUT2D eigenvalue weighted by atomic mass is 35.5. The Morgan fingerprint density at radius 1 is 1.06 bits per heavy atom. The van der Waals surface area contributed by atoms with Crippen LogP contribution < -0.4 is 5.32 Å². The molecule has 0 aliphatic carbocycles. The highest BCUT2D eigenvalue weighted by molar-refractivity contribution is 6.42. The summed E-state index contributed by atoms with van der Waals surface area (Å²) in [5.74, 6) is -0.938. The Kier molecular flexibility index (Phi) is 9.56. The van der Waals surface area contributed by atoms with E-state index in [1.165, 1.54) is 0 Å². The minimum Gasteiger partial charge on any atom is -0.478 e. The van der Waals surface area contributed by atoms with E-state index in [0.29, 0.717) is 27.7 Å². The molecule has 0 unspecified atom stereocenters. The molecular weight excluding hydrogens is 497 g/mol. The Bertz CT molecular complexity index is 1210. The number of hydrogen-bond donors (Lipinski definition) is 3. The molecule has 0 aliphatic rings. The van der Waals surface area contributed by atoms with Crippen LogP contribution in [0.1, 0.15) is 53.9 Å². The number of aliphatic hydroxyl groups is 1. The van der Waals surface area contributed by atoms with Gasteiger partial charge >= 0.3 is 5.97 Å². The lowest BCUT2D eigenvalue weighted by molar-refractivity contribution is -0.00397. The molecule has 0 bridgehead atoms. The molecule has 3 rings (SSSR count). The standard InChI is InChI=1S/C29H33Cl2NO4/c1-18-13-21(10-11-23(18)28(34)35)25-8-6-5-7-24(25)19(2)36-17-22(33)16-32-29(3,4)15-20-9-12-26(30)27(31)14-20/h5-14,19,22,32-33H,15-17H2,1-4H3,(H,34,35)/t19-,22-/m1/s1. The van der Waals surface area contributed by atoms with E-state index in [-0.39, 0.29) is 18.2 Å². The molecule has 3 aromatic carbocycles. The third kappa shape index (κ3) is 7.55. The van der Waals surface area contributed by atoms with Crippen LogP contribution in [-0.2, 0) is 11.2 Å². The molecule has 5 nitrogen and oxygen atoms in total. The van der Waals surface area contributed by atoms with Gasteiger partial charge in [-0.25, -0.2) is 4.79 Å². The Labute approximate surface area is 223 Å². The molecule has 0 saturated heterocycles. The van der Waals surface area contributed by atoms with Crippen molar-refractivity contribution in [3.8, 4) is 11.1 Å². The molecule has 7 heteroatoms. The number of carbonyl (C=O) groups is 1. The molecule has 3 N–H and O–H groups in total. The number of aliphatic hydroxyl groups excluding tert-OH is 1. The van der Waals surface area contributed by atoms with Crippen LogP contribution in [0.5, 0.6) is 0 Å². The predicted molar refractivity (Wildman–Crippen MR) is 146 cm³/mol. The SMILES string of the molecule is Cc1cc(-c2ccccc2[C@@H](C)OC[C@H](O)CNC(C)(C)Cc2ccc(Cl)c(Cl)c2)ccc1C(=O)O. The summed E-state index contributed by atoms with van der Waals surface area (Å²) >= 11 is 12.1. The van der Waals surface area contributed by atoms with Crippen LogP contribution in [-0.4, -0.2) is 41.0 Å². The number of hydrogen-bond acceptors (Lipinski definition) is 4. The molecule has 0 aromatic heterocycles. The number of ether oxygens (including phenoxy) is 1. The molecular formula is C29H33Cl2NO4. The molecule has 0 spiro atoms. The van der Waals surface area contributed by atoms with E-state index in [1.807, 2.05) is 55.5 Å². The Balaban J connectivity index is 1.59. The van der Waals surface area contributed by atoms with Crippen molar-refractivity contribution >= 4 is 29.2 Å². The molecule has 0 heterocycles. The van der Waals surface area contributed by atoms with Crippen LogP contribution in [0.25, 0.3) is 11.1 Å². The van der Waals surface area contributed by atoms with Crippen LogP contribution >= 0.6 is 23.2 Å². The maximum Gasteiger partial charge on any atom is 0.335 e. The first-order valence-corrected chi connectivity index (χ1v) is 12.6. The van der Waals surface area contributed by atoms with Crippen molar-refractivity contribution in [3.63, 3.8) is 0 Å². The van der Waals surface area contributed by atoms with Crippen molar-refractivity contribution in [2.24, 2.45) is 0 Å². The largest absolute Gasteiger partial charge is 0.478 e. The van der Waals surface area contributed by atoms with Crippen molar-refractivity contribution in [1.29, 1.82) is 0 Å². The average molecular weight is 530 g/mol. The number of nitrogens with one attached hydrogen (secondary N) is 1. The van der Waals surface area contributed by atoms with E-state index in [1.54, 1.807) is 19.1 Å². The molecule has 0 radical (unpaired) electrons. The molecule has 0 fully saturated rings. The fourth-order valence-electron chi connectivity index (χ4n) is 4.21. The third-order valence-electron chi connectivity index (χ3n) is 6.15. The number of aromatic carboxylic acids is 1. The van der Waals surface area contributed by atoms with Gasteiger partial charge < -0.3 is 20.3 Å². The fraction of sp³-hybridized carbons (Fsp3) is 0.345. The molecule has 0 aliphatic heterocycles. The van der Waals surface area contributed by atoms with E-state index in [0.717, 1.165) is 28.7 Å². The van der Waals surface area contributed by atoms with E-state index in [9.17, 15) is 15.0 Å². The molecule has 3 aromatic rings. The van der Waals surface area contributed by atoms with Gasteiger partial charge in [0.2, 0.25) is 0 Å². The van der Waals surface area contributed by atoms with Crippen LogP contribution in [0.3, 0.4) is 0 Å². The summed E-state index contributed by atoms with van der Waals surface area (Å²) in [4.78, 5) is 11.4. The molecule has 0 amide bonds. The van der Waals surface area contributed by atoms with Gasteiger partial charge in [-0.05, 0) is 80.1 Å². The second kappa shape index (κ2) is 12.2. The first kappa shape index (κ1) is 28.2. The first-order valence-electron chi connectivity index (χ1n) is 11.9. The van der Waals surface area contributed by atoms with Crippen molar-refractivity contribution in [1.82, 2.24) is 5.32 Å². The zero-order valence-electron chi connectivity index (χ0n) is 21.0. The van der Waals surface area contributed by atoms with Crippen molar-refractivity contribution in [2.45, 2.75) is 51.9 Å². The highest BCUT2D eigenvalue weighted by Crippen LogP contribution is 2.31. The van der Waals surface area contributed by atoms with E-state index < -0.39 is 12.1 Å². The number of halogens is 2. The second-order valence-corrected chi connectivity index (χ2v) is 10.6. The summed E-state index contributed by atoms with van der Waals surface area (Å²) < 4.78 is 6.04. The number of carboxylic acids is 1. The zero-order chi connectivity index (χ0) is 26.5. The van der Waals surface area contributed by atoms with Gasteiger partial charge in [-0.3, -0.25) is 0 Å². The Hall–Kier alpha value is -2.41. The van der Waals surface area contributed by atoms with Gasteiger partial charge in [0, 0.05) is 12.1 Å². The lowest BCUT2D eigenvalue weighted by atomic mass is 9.94. The van der Waals surface area contributed by atoms with E-state index in [4.69, 9.17) is 27.9 Å². The number of carboxylic acid groups (broad SMARTS) is 1. The molecule has 36 heavy (non-hydrogen) atoms. The number of β-amino-alcohol motifs (C(OH)–C–C–N with tert-alkyl or cyclic N) is 1. The maximum atomic E-state index is 11.4. The first-order chi connectivity index (χ1) is 17.0. The van der Waals surface area contributed by atoms with Crippen LogP contribution in [0, 0.1) is 6.92 Å². The number of benzene rings is 3. The second-order valence-electron chi connectivity index (χ2n) is 9.74. The summed E-state index contributed by atoms with van der Waals surface area (Å²) in [7, 11) is 0. The van der Waals surface area contributed by atoms with Gasteiger partial charge in [-0.2, -0.15) is 0 Å². The lowest BCUT2D eigenvalue weighted by Gasteiger charge is -2.28. The van der Waals surface area contributed by atoms with Gasteiger partial charge in [-0.1, -0.05) is 65.7 Å². The summed E-state index contributed by atoms with van der Waals surface area (Å²) in [6.07, 6.45) is -0.231. The minimum absolute atomic E-state index is 0.169. The molecule has 0 saturated carbocycles. The van der Waals surface area contributed by atoms with E-state index >= 15 is 0 Å². The number of aryl methyl sites for hydroxylation is 1. The van der Waals surface area contributed by atoms with Gasteiger partial charge in [0.05, 0.1) is 34.4 Å². The quantitative estimate of drug-likeness (QED) is 0.257. The summed E-state index contributed by atoms with van der Waals surface area (Å²) in [6.45, 7) is 8.42. The van der Waals surface area contributed by atoms with Gasteiger partial charge in [0.1, 0.15) is 0 Å². The zero-order valence-corrected chi connectivity index (χ0v) is 22.5. The van der Waals surface area contributed by atoms with E-state index in [2.05, 4.69) is 19.2 Å². The normalized spacial score (nSPS) is 13.4. The van der Waals surface area contributed by atoms with Crippen LogP contribution in [0.2, 0.25) is 10.0 Å². The minimum atomic E-state index is -0.938. The smallest absolute Gasteiger partial charge is 0.335 e. The van der Waals surface area contributed by atoms with Crippen molar-refractivity contribution in [3.05, 3.63) is 93.0 Å². The third-order valence-corrected chi connectivity index (χ3v) is 6.89. The Morgan fingerprint density at radius 3 is 2.44 bits per heavy atom. The van der Waals surface area contributed by atoms with Gasteiger partial charge in [-0.15, -0.1) is 0 Å². The van der Waals surface area contributed by atoms with Gasteiger partial charge in [0.25, 0.3) is 0 Å². The van der Waals surface area contributed by atoms with Crippen molar-refractivity contribution in [2.75, 3.05) is 13.2 Å². The predicted octanol–water partition coefficient (Wildman–Crippen LogP) is 6.72. The monoisotopic (exact) mass is 529 g/mol. The van der Waals surface area contributed by atoms with Crippen LogP contribution in [0.15, 0.2) is 60.7 Å². The lowest BCUT2D eigenvalue weighted by Crippen LogP contribution is -2.46. The summed E-state index contributed by atoms with van der Waals surface area (Å²) in [5.41, 5.74) is 4.66. The fourth-order valence-corrected chi connectivity index (χ4v) is 4.53. The van der Waals surface area contributed by atoms with Gasteiger partial charge in [0.15, 0.2) is 0 Å². The van der Waals surface area contributed by atoms with Crippen molar-refractivity contribution < 1.29 is 19.7 Å². The summed E-state index contributed by atoms with van der Waals surface area (Å²) in [5, 5.41) is 24.4. The topological polar surface area (TPSA) is 78.8 Å². The van der Waals surface area contributed by atoms with Crippen LogP contribution in [0.4, 0.5) is 0 Å². The number of rotatable bonds is 11. The summed E-state index contributed by atoms with van der Waals surface area (Å²) in [6, 6.07) is 18.8. The molecule has 2 atom stereocenters. The maximum absolute atomic E-state index is 11.4. The average Bonchev–Trinajstić information content (AvgIpc) is 2.83. The highest BCUT2D eigenvalue weighted by Gasteiger charge is 2.21. The molecule has 192 valence electrons. The Morgan fingerprint density at radius 2 is 1.78 bits per heavy atom.